The van der Waals surface area contributed by atoms with Gasteiger partial charge in [0.15, 0.2) is 0 Å². The first-order chi connectivity index (χ1) is 8.28. The molecule has 1 N–H and O–H groups in total. The van der Waals surface area contributed by atoms with Crippen LogP contribution in [0, 0.1) is 5.92 Å². The summed E-state index contributed by atoms with van der Waals surface area (Å²) in [5.74, 6) is 1.08. The molecular formula is C11H15N3O3. The van der Waals surface area contributed by atoms with Crippen LogP contribution in [-0.4, -0.2) is 48.7 Å². The van der Waals surface area contributed by atoms with Crippen LogP contribution in [0.25, 0.3) is 0 Å². The fraction of sp³-hybridized carbons (Fsp3) is 0.636. The van der Waals surface area contributed by atoms with E-state index in [1.165, 1.54) is 13.2 Å². The fourth-order valence-corrected chi connectivity index (χ4v) is 2.63. The number of likely N-dealkylation sites (tertiary alicyclic amines) is 1. The highest BCUT2D eigenvalue weighted by Crippen LogP contribution is 2.26. The smallest absolute Gasteiger partial charge is 0.292 e. The minimum absolute atomic E-state index is 0.1000. The van der Waals surface area contributed by atoms with E-state index in [-0.39, 0.29) is 11.7 Å². The first-order valence-corrected chi connectivity index (χ1v) is 5.81. The Labute approximate surface area is 98.9 Å². The van der Waals surface area contributed by atoms with Crippen molar-refractivity contribution < 1.29 is 14.1 Å². The summed E-state index contributed by atoms with van der Waals surface area (Å²) >= 11 is 0. The molecule has 3 rings (SSSR count). The van der Waals surface area contributed by atoms with Gasteiger partial charge in [-0.25, -0.2) is 0 Å². The molecular weight excluding hydrogens is 222 g/mol. The first kappa shape index (κ1) is 10.6. The number of hydrogen-bond donors (Lipinski definition) is 1. The second-order valence-electron chi connectivity index (χ2n) is 4.55. The molecule has 0 aromatic carbocycles. The molecule has 0 radical (unpaired) electrons. The number of carbonyl (C=O) groups is 1. The molecule has 0 aliphatic carbocycles. The van der Waals surface area contributed by atoms with E-state index in [9.17, 15) is 4.79 Å². The zero-order valence-electron chi connectivity index (χ0n) is 9.68. The number of ether oxygens (including phenoxy) is 1. The highest BCUT2D eigenvalue weighted by Gasteiger charge is 2.39. The maximum atomic E-state index is 12.1. The summed E-state index contributed by atoms with van der Waals surface area (Å²) in [6, 6.07) is 1.98. The van der Waals surface area contributed by atoms with Crippen LogP contribution in [0.2, 0.25) is 0 Å². The maximum absolute atomic E-state index is 12.1. The number of hydrogen-bond acceptors (Lipinski definition) is 5. The number of rotatable bonds is 2. The predicted molar refractivity (Wildman–Crippen MR) is 58.9 cm³/mol. The van der Waals surface area contributed by atoms with Crippen molar-refractivity contribution in [2.45, 2.75) is 12.5 Å². The lowest BCUT2D eigenvalue weighted by Gasteiger charge is -2.14. The summed E-state index contributed by atoms with van der Waals surface area (Å²) in [4.78, 5) is 13.9. The summed E-state index contributed by atoms with van der Waals surface area (Å²) in [5, 5.41) is 7.05. The minimum atomic E-state index is -0.1000. The molecule has 1 amide bonds. The Morgan fingerprint density at radius 1 is 1.65 bits per heavy atom. The molecule has 2 fully saturated rings. The molecule has 6 heteroatoms. The SMILES string of the molecule is COc1cc(C(=O)N2CC3CCNC3C2)on1. The first-order valence-electron chi connectivity index (χ1n) is 5.81. The highest BCUT2D eigenvalue weighted by atomic mass is 16.5. The number of fused-ring (bicyclic) bond motifs is 1. The monoisotopic (exact) mass is 237 g/mol. The normalized spacial score (nSPS) is 27.2. The van der Waals surface area contributed by atoms with Gasteiger partial charge in [0.1, 0.15) is 0 Å². The largest absolute Gasteiger partial charge is 0.479 e. The quantitative estimate of drug-likeness (QED) is 0.791. The van der Waals surface area contributed by atoms with Crippen molar-refractivity contribution >= 4 is 5.91 Å². The van der Waals surface area contributed by atoms with Crippen LogP contribution in [0.15, 0.2) is 10.6 Å². The standard InChI is InChI=1S/C11H15N3O3/c1-16-10-4-9(17-13-10)11(15)14-5-7-2-3-12-8(7)6-14/h4,7-8,12H,2-3,5-6H2,1H3. The molecule has 17 heavy (non-hydrogen) atoms. The zero-order chi connectivity index (χ0) is 11.8. The number of nitrogens with one attached hydrogen (secondary N) is 1. The summed E-state index contributed by atoms with van der Waals surface area (Å²) in [5.41, 5.74) is 0. The second kappa shape index (κ2) is 4.03. The van der Waals surface area contributed by atoms with Gasteiger partial charge in [-0.15, -0.1) is 0 Å². The Kier molecular flexibility index (Phi) is 2.51. The highest BCUT2D eigenvalue weighted by molar-refractivity contribution is 5.91. The molecule has 2 aliphatic heterocycles. The van der Waals surface area contributed by atoms with Crippen molar-refractivity contribution in [2.75, 3.05) is 26.7 Å². The van der Waals surface area contributed by atoms with Gasteiger partial charge in [-0.2, -0.15) is 0 Å². The number of aromatic nitrogens is 1. The molecule has 2 aliphatic rings. The van der Waals surface area contributed by atoms with Crippen molar-refractivity contribution in [1.82, 2.24) is 15.4 Å². The zero-order valence-corrected chi connectivity index (χ0v) is 9.68. The van der Waals surface area contributed by atoms with E-state index in [0.29, 0.717) is 17.8 Å². The van der Waals surface area contributed by atoms with Crippen LogP contribution in [0.5, 0.6) is 5.88 Å². The third-order valence-corrected chi connectivity index (χ3v) is 3.56. The second-order valence-corrected chi connectivity index (χ2v) is 4.55. The number of nitrogens with zero attached hydrogens (tertiary/aromatic N) is 2. The van der Waals surface area contributed by atoms with E-state index >= 15 is 0 Å². The molecule has 2 saturated heterocycles. The van der Waals surface area contributed by atoms with Crippen molar-refractivity contribution in [3.05, 3.63) is 11.8 Å². The van der Waals surface area contributed by atoms with Gasteiger partial charge in [0.2, 0.25) is 5.76 Å². The summed E-state index contributed by atoms with van der Waals surface area (Å²) in [6.45, 7) is 2.62. The Morgan fingerprint density at radius 3 is 3.24 bits per heavy atom. The van der Waals surface area contributed by atoms with Crippen LogP contribution < -0.4 is 10.1 Å². The lowest BCUT2D eigenvalue weighted by Crippen LogP contribution is -2.33. The Hall–Kier alpha value is -1.56. The molecule has 0 spiro atoms. The van der Waals surface area contributed by atoms with Gasteiger partial charge in [-0.1, -0.05) is 0 Å². The van der Waals surface area contributed by atoms with Crippen LogP contribution in [-0.2, 0) is 0 Å². The van der Waals surface area contributed by atoms with Crippen molar-refractivity contribution in [3.8, 4) is 5.88 Å². The van der Waals surface area contributed by atoms with E-state index in [4.69, 9.17) is 9.26 Å². The molecule has 92 valence electrons. The molecule has 1 aromatic rings. The number of carbonyl (C=O) groups excluding carboxylic acids is 1. The molecule has 2 unspecified atom stereocenters. The van der Waals surface area contributed by atoms with E-state index in [1.54, 1.807) is 0 Å². The van der Waals surface area contributed by atoms with E-state index in [2.05, 4.69) is 10.5 Å². The molecule has 2 atom stereocenters. The molecule has 6 nitrogen and oxygen atoms in total. The van der Waals surface area contributed by atoms with Gasteiger partial charge >= 0.3 is 0 Å². The summed E-state index contributed by atoms with van der Waals surface area (Å²) < 4.78 is 9.86. The third kappa shape index (κ3) is 1.78. The average Bonchev–Trinajstić information content (AvgIpc) is 3.02. The number of methoxy groups -OCH3 is 1. The molecule has 0 bridgehead atoms. The van der Waals surface area contributed by atoms with Gasteiger partial charge in [-0.3, -0.25) is 4.79 Å². The maximum Gasteiger partial charge on any atom is 0.292 e. The Morgan fingerprint density at radius 2 is 2.53 bits per heavy atom. The lowest BCUT2D eigenvalue weighted by molar-refractivity contribution is 0.0741. The number of amides is 1. The van der Waals surface area contributed by atoms with Gasteiger partial charge in [0.05, 0.1) is 13.2 Å². The Balaban J connectivity index is 1.70. The van der Waals surface area contributed by atoms with Crippen LogP contribution in [0.1, 0.15) is 17.0 Å². The summed E-state index contributed by atoms with van der Waals surface area (Å²) in [7, 11) is 1.50. The Bertz CT molecular complexity index is 419. The van der Waals surface area contributed by atoms with Crippen LogP contribution in [0.3, 0.4) is 0 Å². The van der Waals surface area contributed by atoms with Crippen LogP contribution in [0.4, 0.5) is 0 Å². The summed E-state index contributed by atoms with van der Waals surface area (Å²) in [6.07, 6.45) is 1.15. The minimum Gasteiger partial charge on any atom is -0.479 e. The van der Waals surface area contributed by atoms with Crippen molar-refractivity contribution in [2.24, 2.45) is 5.92 Å². The van der Waals surface area contributed by atoms with Gasteiger partial charge in [-0.05, 0) is 24.0 Å². The van der Waals surface area contributed by atoms with E-state index < -0.39 is 0 Å². The van der Waals surface area contributed by atoms with Gasteiger partial charge in [0.25, 0.3) is 11.8 Å². The predicted octanol–water partition coefficient (Wildman–Crippen LogP) is 0.117. The van der Waals surface area contributed by atoms with Crippen molar-refractivity contribution in [1.29, 1.82) is 0 Å². The average molecular weight is 237 g/mol. The van der Waals surface area contributed by atoms with E-state index in [1.807, 2.05) is 4.90 Å². The van der Waals surface area contributed by atoms with Gasteiger partial charge < -0.3 is 19.5 Å². The fourth-order valence-electron chi connectivity index (χ4n) is 2.63. The van der Waals surface area contributed by atoms with Crippen LogP contribution >= 0.6 is 0 Å². The molecule has 1 aromatic heterocycles. The lowest BCUT2D eigenvalue weighted by atomic mass is 10.1. The van der Waals surface area contributed by atoms with Gasteiger partial charge in [0, 0.05) is 19.1 Å². The van der Waals surface area contributed by atoms with Crippen molar-refractivity contribution in [3.63, 3.8) is 0 Å². The molecule has 3 heterocycles. The topological polar surface area (TPSA) is 67.6 Å². The van der Waals surface area contributed by atoms with E-state index in [0.717, 1.165) is 26.1 Å². The molecule has 0 saturated carbocycles. The third-order valence-electron chi connectivity index (χ3n) is 3.56.